The second kappa shape index (κ2) is 4.85. The summed E-state index contributed by atoms with van der Waals surface area (Å²) >= 11 is 0.664. The monoisotopic (exact) mass is 240 g/mol. The van der Waals surface area contributed by atoms with Gasteiger partial charge < -0.3 is 5.11 Å². The van der Waals surface area contributed by atoms with Crippen LogP contribution in [0, 0.1) is 23.3 Å². The normalized spacial score (nSPS) is 10.8. The van der Waals surface area contributed by atoms with Crippen molar-refractivity contribution in [3.63, 3.8) is 0 Å². The molecule has 1 nitrogen and oxygen atoms in total. The van der Waals surface area contributed by atoms with Crippen LogP contribution >= 0.6 is 11.8 Å². The number of aliphatic hydroxyl groups excluding tert-OH is 1. The molecule has 0 heterocycles. The second-order valence-corrected chi connectivity index (χ2v) is 3.93. The van der Waals surface area contributed by atoms with E-state index in [-0.39, 0.29) is 5.75 Å². The van der Waals surface area contributed by atoms with Gasteiger partial charge in [-0.25, -0.2) is 17.6 Å². The molecule has 0 saturated heterocycles. The van der Waals surface area contributed by atoms with Gasteiger partial charge in [-0.2, -0.15) is 0 Å². The highest BCUT2D eigenvalue weighted by molar-refractivity contribution is 7.99. The smallest absolute Gasteiger partial charge is 0.175 e. The fraction of sp³-hybridized carbons (Fsp3) is 0.333. The van der Waals surface area contributed by atoms with Gasteiger partial charge in [0.05, 0.1) is 17.1 Å². The fourth-order valence-corrected chi connectivity index (χ4v) is 1.79. The van der Waals surface area contributed by atoms with Crippen molar-refractivity contribution in [1.82, 2.24) is 0 Å². The van der Waals surface area contributed by atoms with E-state index in [1.807, 2.05) is 0 Å². The Bertz CT molecular complexity index is 352. The van der Waals surface area contributed by atoms with Crippen LogP contribution in [0.1, 0.15) is 12.5 Å². The van der Waals surface area contributed by atoms with Crippen molar-refractivity contribution in [1.29, 1.82) is 0 Å². The summed E-state index contributed by atoms with van der Waals surface area (Å²) in [6.45, 7) is 0.516. The molecule has 84 valence electrons. The summed E-state index contributed by atoms with van der Waals surface area (Å²) in [5.74, 6) is -5.69. The van der Waals surface area contributed by atoms with Crippen LogP contribution in [-0.4, -0.2) is 10.9 Å². The van der Waals surface area contributed by atoms with Gasteiger partial charge in [0, 0.05) is 0 Å². The first-order valence-corrected chi connectivity index (χ1v) is 5.11. The third-order valence-electron chi connectivity index (χ3n) is 1.76. The van der Waals surface area contributed by atoms with E-state index in [4.69, 9.17) is 5.11 Å². The number of halogens is 4. The van der Waals surface area contributed by atoms with Crippen molar-refractivity contribution in [3.8, 4) is 0 Å². The van der Waals surface area contributed by atoms with Crippen LogP contribution in [0.15, 0.2) is 4.90 Å². The summed E-state index contributed by atoms with van der Waals surface area (Å²) in [7, 11) is 0. The molecule has 0 aliphatic carbocycles. The lowest BCUT2D eigenvalue weighted by atomic mass is 10.2. The third-order valence-corrected chi connectivity index (χ3v) is 2.70. The van der Waals surface area contributed by atoms with Crippen LogP contribution in [0.2, 0.25) is 0 Å². The highest BCUT2D eigenvalue weighted by Gasteiger charge is 2.24. The first-order chi connectivity index (χ1) is 7.04. The van der Waals surface area contributed by atoms with Crippen LogP contribution in [0.25, 0.3) is 0 Å². The molecule has 0 radical (unpaired) electrons. The van der Waals surface area contributed by atoms with Gasteiger partial charge in [0.2, 0.25) is 0 Å². The Morgan fingerprint density at radius 1 is 1.00 bits per heavy atom. The summed E-state index contributed by atoms with van der Waals surface area (Å²) in [6, 6.07) is 0. The van der Waals surface area contributed by atoms with Crippen molar-refractivity contribution < 1.29 is 22.7 Å². The van der Waals surface area contributed by atoms with E-state index in [9.17, 15) is 17.6 Å². The predicted molar refractivity (Wildman–Crippen MR) is 48.6 cm³/mol. The molecule has 0 aliphatic rings. The van der Waals surface area contributed by atoms with Gasteiger partial charge in [-0.15, -0.1) is 11.8 Å². The zero-order chi connectivity index (χ0) is 11.6. The minimum atomic E-state index is -1.53. The van der Waals surface area contributed by atoms with Gasteiger partial charge in [-0.05, 0) is 5.75 Å². The zero-order valence-electron chi connectivity index (χ0n) is 7.78. The molecule has 1 aromatic rings. The molecule has 0 fully saturated rings. The van der Waals surface area contributed by atoms with E-state index in [0.717, 1.165) is 0 Å². The quantitative estimate of drug-likeness (QED) is 0.498. The molecule has 0 unspecified atom stereocenters. The van der Waals surface area contributed by atoms with Crippen molar-refractivity contribution in [2.45, 2.75) is 18.4 Å². The Kier molecular flexibility index (Phi) is 3.98. The lowest BCUT2D eigenvalue weighted by molar-refractivity contribution is 0.261. The van der Waals surface area contributed by atoms with Crippen LogP contribution in [0.4, 0.5) is 17.6 Å². The molecule has 1 aromatic carbocycles. The zero-order valence-corrected chi connectivity index (χ0v) is 8.60. The molecule has 0 atom stereocenters. The summed E-state index contributed by atoms with van der Waals surface area (Å²) in [4.78, 5) is -0.690. The van der Waals surface area contributed by atoms with Crippen molar-refractivity contribution in [3.05, 3.63) is 28.8 Å². The molecule has 0 amide bonds. The van der Waals surface area contributed by atoms with Crippen molar-refractivity contribution in [2.24, 2.45) is 0 Å². The van der Waals surface area contributed by atoms with Crippen LogP contribution in [0.5, 0.6) is 0 Å². The number of rotatable bonds is 3. The first kappa shape index (κ1) is 12.3. The molecule has 15 heavy (non-hydrogen) atoms. The number of aliphatic hydroxyl groups is 1. The minimum Gasteiger partial charge on any atom is -0.391 e. The minimum absolute atomic E-state index is 0.283. The van der Waals surface area contributed by atoms with Crippen LogP contribution < -0.4 is 0 Å². The van der Waals surface area contributed by atoms with Gasteiger partial charge >= 0.3 is 0 Å². The molecule has 0 saturated carbocycles. The van der Waals surface area contributed by atoms with Gasteiger partial charge in [-0.3, -0.25) is 0 Å². The summed E-state index contributed by atoms with van der Waals surface area (Å²) < 4.78 is 52.5. The molecular formula is C9H8F4OS. The highest BCUT2D eigenvalue weighted by Crippen LogP contribution is 2.31. The topological polar surface area (TPSA) is 20.2 Å². The van der Waals surface area contributed by atoms with Crippen molar-refractivity contribution in [2.75, 3.05) is 5.75 Å². The Labute approximate surface area is 88.1 Å². The second-order valence-electron chi connectivity index (χ2n) is 2.65. The summed E-state index contributed by atoms with van der Waals surface area (Å²) in [5.41, 5.74) is -0.981. The van der Waals surface area contributed by atoms with E-state index in [1.165, 1.54) is 0 Å². The Morgan fingerprint density at radius 2 is 1.47 bits per heavy atom. The van der Waals surface area contributed by atoms with Gasteiger partial charge in [0.1, 0.15) is 0 Å². The average molecular weight is 240 g/mol. The van der Waals surface area contributed by atoms with Gasteiger partial charge in [0.15, 0.2) is 23.3 Å². The maximum atomic E-state index is 13.2. The highest BCUT2D eigenvalue weighted by atomic mass is 32.2. The lowest BCUT2D eigenvalue weighted by Gasteiger charge is -2.09. The number of hydrogen-bond donors (Lipinski definition) is 1. The lowest BCUT2D eigenvalue weighted by Crippen LogP contribution is -2.05. The van der Waals surface area contributed by atoms with E-state index >= 15 is 0 Å². The van der Waals surface area contributed by atoms with E-state index < -0.39 is 40.3 Å². The molecule has 0 spiro atoms. The van der Waals surface area contributed by atoms with E-state index in [1.54, 1.807) is 6.92 Å². The standard InChI is InChI=1S/C9H8F4OS/c1-2-15-9-7(12)5(10)4(3-14)6(11)8(9)13/h14H,2-3H2,1H3. The van der Waals surface area contributed by atoms with Gasteiger partial charge in [0.25, 0.3) is 0 Å². The van der Waals surface area contributed by atoms with Crippen LogP contribution in [0.3, 0.4) is 0 Å². The predicted octanol–water partition coefficient (Wildman–Crippen LogP) is 2.85. The van der Waals surface area contributed by atoms with Crippen LogP contribution in [-0.2, 0) is 6.61 Å². The molecular weight excluding hydrogens is 232 g/mol. The SMILES string of the molecule is CCSc1c(F)c(F)c(CO)c(F)c1F. The largest absolute Gasteiger partial charge is 0.391 e. The Hall–Kier alpha value is -0.750. The van der Waals surface area contributed by atoms with Crippen molar-refractivity contribution >= 4 is 11.8 Å². The number of benzene rings is 1. The Morgan fingerprint density at radius 3 is 1.80 bits per heavy atom. The first-order valence-electron chi connectivity index (χ1n) is 4.13. The summed E-state index contributed by atoms with van der Waals surface area (Å²) in [6.07, 6.45) is 0. The molecule has 0 aromatic heterocycles. The Balaban J connectivity index is 3.44. The fourth-order valence-electron chi connectivity index (χ4n) is 1.07. The number of thioether (sulfide) groups is 1. The van der Waals surface area contributed by atoms with E-state index in [2.05, 4.69) is 0 Å². The van der Waals surface area contributed by atoms with Gasteiger partial charge in [-0.1, -0.05) is 6.92 Å². The average Bonchev–Trinajstić information content (AvgIpc) is 2.23. The number of hydrogen-bond acceptors (Lipinski definition) is 2. The summed E-state index contributed by atoms with van der Waals surface area (Å²) in [5, 5.41) is 8.55. The third kappa shape index (κ3) is 2.10. The maximum absolute atomic E-state index is 13.2. The molecule has 1 rings (SSSR count). The molecule has 1 N–H and O–H groups in total. The molecule has 6 heteroatoms. The van der Waals surface area contributed by atoms with E-state index in [0.29, 0.717) is 11.8 Å². The molecule has 0 bridgehead atoms. The molecule has 0 aliphatic heterocycles. The maximum Gasteiger partial charge on any atom is 0.175 e.